The summed E-state index contributed by atoms with van der Waals surface area (Å²) in [5.74, 6) is -2.98. The van der Waals surface area contributed by atoms with Gasteiger partial charge in [-0.25, -0.2) is 18.4 Å². The average Bonchev–Trinajstić information content (AvgIpc) is 2.40. The lowest BCUT2D eigenvalue weighted by Gasteiger charge is -2.13. The standard InChI is InChI=1S/C13H16F2N2O3/c1-4-7(2)16-13(19)17-11-5-8(12(18)20-3)9(14)6-10(11)15/h5-7H,4H2,1-3H3,(H2,16,17,19). The van der Waals surface area contributed by atoms with Crippen molar-refractivity contribution in [3.8, 4) is 0 Å². The predicted molar refractivity (Wildman–Crippen MR) is 69.6 cm³/mol. The molecule has 0 radical (unpaired) electrons. The lowest BCUT2D eigenvalue weighted by Crippen LogP contribution is -2.35. The molecule has 1 unspecified atom stereocenters. The van der Waals surface area contributed by atoms with Gasteiger partial charge in [0.15, 0.2) is 0 Å². The van der Waals surface area contributed by atoms with Gasteiger partial charge in [-0.1, -0.05) is 6.92 Å². The highest BCUT2D eigenvalue weighted by Crippen LogP contribution is 2.20. The van der Waals surface area contributed by atoms with Gasteiger partial charge in [-0.3, -0.25) is 0 Å². The third-order valence-electron chi connectivity index (χ3n) is 2.70. The zero-order valence-electron chi connectivity index (χ0n) is 11.4. The van der Waals surface area contributed by atoms with Gasteiger partial charge in [0.05, 0.1) is 18.4 Å². The molecule has 1 aromatic rings. The van der Waals surface area contributed by atoms with Crippen molar-refractivity contribution in [1.29, 1.82) is 0 Å². The minimum atomic E-state index is -1.05. The van der Waals surface area contributed by atoms with Gasteiger partial charge >= 0.3 is 12.0 Å². The molecule has 1 rings (SSSR count). The van der Waals surface area contributed by atoms with E-state index >= 15 is 0 Å². The van der Waals surface area contributed by atoms with Gasteiger partial charge in [0.25, 0.3) is 0 Å². The Morgan fingerprint density at radius 1 is 1.30 bits per heavy atom. The molecule has 0 aromatic heterocycles. The lowest BCUT2D eigenvalue weighted by molar-refractivity contribution is 0.0595. The number of methoxy groups -OCH3 is 1. The first-order valence-electron chi connectivity index (χ1n) is 6.03. The zero-order valence-corrected chi connectivity index (χ0v) is 11.4. The molecule has 110 valence electrons. The normalized spacial score (nSPS) is 11.7. The third kappa shape index (κ3) is 3.91. The summed E-state index contributed by atoms with van der Waals surface area (Å²) in [6, 6.07) is 0.678. The van der Waals surface area contributed by atoms with E-state index in [0.29, 0.717) is 12.5 Å². The third-order valence-corrected chi connectivity index (χ3v) is 2.70. The van der Waals surface area contributed by atoms with Gasteiger partial charge in [0, 0.05) is 12.1 Å². The van der Waals surface area contributed by atoms with Crippen molar-refractivity contribution in [3.05, 3.63) is 29.3 Å². The van der Waals surface area contributed by atoms with E-state index in [4.69, 9.17) is 0 Å². The summed E-state index contributed by atoms with van der Waals surface area (Å²) in [5, 5.41) is 4.78. The van der Waals surface area contributed by atoms with Crippen molar-refractivity contribution >= 4 is 17.7 Å². The average molecular weight is 286 g/mol. The van der Waals surface area contributed by atoms with E-state index in [-0.39, 0.29) is 11.7 Å². The largest absolute Gasteiger partial charge is 0.465 e. The SMILES string of the molecule is CCC(C)NC(=O)Nc1cc(C(=O)OC)c(F)cc1F. The van der Waals surface area contributed by atoms with Crippen molar-refractivity contribution in [1.82, 2.24) is 5.32 Å². The van der Waals surface area contributed by atoms with Crippen LogP contribution in [0.1, 0.15) is 30.6 Å². The topological polar surface area (TPSA) is 67.4 Å². The number of esters is 1. The maximum atomic E-state index is 13.5. The summed E-state index contributed by atoms with van der Waals surface area (Å²) in [4.78, 5) is 22.9. The molecule has 0 aliphatic carbocycles. The number of ether oxygens (including phenoxy) is 1. The number of nitrogens with one attached hydrogen (secondary N) is 2. The van der Waals surface area contributed by atoms with Crippen LogP contribution in [0.4, 0.5) is 19.3 Å². The molecule has 20 heavy (non-hydrogen) atoms. The second-order valence-corrected chi connectivity index (χ2v) is 4.21. The number of amides is 2. The van der Waals surface area contributed by atoms with Crippen LogP contribution in [-0.4, -0.2) is 25.2 Å². The fraction of sp³-hybridized carbons (Fsp3) is 0.385. The number of anilines is 1. The van der Waals surface area contributed by atoms with Gasteiger partial charge in [-0.05, 0) is 19.4 Å². The van der Waals surface area contributed by atoms with Crippen LogP contribution in [-0.2, 0) is 4.74 Å². The predicted octanol–water partition coefficient (Wildman–Crippen LogP) is 2.67. The van der Waals surface area contributed by atoms with Gasteiger partial charge in [0.2, 0.25) is 0 Å². The van der Waals surface area contributed by atoms with Gasteiger partial charge < -0.3 is 15.4 Å². The van der Waals surface area contributed by atoms with Crippen molar-refractivity contribution in [2.75, 3.05) is 12.4 Å². The molecular formula is C13H16F2N2O3. The number of halogens is 2. The van der Waals surface area contributed by atoms with Crippen LogP contribution in [0.2, 0.25) is 0 Å². The number of hydrogen-bond acceptors (Lipinski definition) is 3. The Labute approximate surface area is 115 Å². The Kier molecular flexibility index (Phi) is 5.42. The molecule has 0 aliphatic heterocycles. The van der Waals surface area contributed by atoms with Crippen LogP contribution in [0.25, 0.3) is 0 Å². The molecule has 0 fully saturated rings. The van der Waals surface area contributed by atoms with Crippen LogP contribution in [0.5, 0.6) is 0 Å². The number of carbonyl (C=O) groups is 2. The fourth-order valence-electron chi connectivity index (χ4n) is 1.40. The first-order chi connectivity index (χ1) is 9.38. The van der Waals surface area contributed by atoms with E-state index in [2.05, 4.69) is 15.4 Å². The smallest absolute Gasteiger partial charge is 0.340 e. The molecule has 0 bridgehead atoms. The van der Waals surface area contributed by atoms with E-state index in [1.54, 1.807) is 6.92 Å². The number of carbonyl (C=O) groups excluding carboxylic acids is 2. The molecule has 1 aromatic carbocycles. The molecule has 0 spiro atoms. The minimum absolute atomic E-state index is 0.0985. The van der Waals surface area contributed by atoms with Crippen LogP contribution < -0.4 is 10.6 Å². The van der Waals surface area contributed by atoms with Crippen LogP contribution >= 0.6 is 0 Å². The number of hydrogen-bond donors (Lipinski definition) is 2. The highest BCUT2D eigenvalue weighted by Gasteiger charge is 2.18. The fourth-order valence-corrected chi connectivity index (χ4v) is 1.40. The van der Waals surface area contributed by atoms with Gasteiger partial charge in [-0.2, -0.15) is 0 Å². The highest BCUT2D eigenvalue weighted by molar-refractivity contribution is 5.94. The molecule has 0 saturated heterocycles. The summed E-state index contributed by atoms with van der Waals surface area (Å²) < 4.78 is 31.3. The van der Waals surface area contributed by atoms with Crippen LogP contribution in [0, 0.1) is 11.6 Å². The number of benzene rings is 1. The van der Waals surface area contributed by atoms with Crippen molar-refractivity contribution < 1.29 is 23.1 Å². The minimum Gasteiger partial charge on any atom is -0.465 e. The van der Waals surface area contributed by atoms with Gasteiger partial charge in [0.1, 0.15) is 11.6 Å². The van der Waals surface area contributed by atoms with E-state index in [1.807, 2.05) is 6.92 Å². The Balaban J connectivity index is 2.95. The second-order valence-electron chi connectivity index (χ2n) is 4.21. The maximum absolute atomic E-state index is 13.5. The number of urea groups is 1. The van der Waals surface area contributed by atoms with Crippen LogP contribution in [0.3, 0.4) is 0 Å². The van der Waals surface area contributed by atoms with Gasteiger partial charge in [-0.15, -0.1) is 0 Å². The molecule has 1 atom stereocenters. The number of rotatable bonds is 4. The Hall–Kier alpha value is -2.18. The van der Waals surface area contributed by atoms with E-state index in [0.717, 1.165) is 13.2 Å². The summed E-state index contributed by atoms with van der Waals surface area (Å²) >= 11 is 0. The summed E-state index contributed by atoms with van der Waals surface area (Å²) in [6.45, 7) is 3.65. The summed E-state index contributed by atoms with van der Waals surface area (Å²) in [5.41, 5.74) is -0.750. The molecule has 0 heterocycles. The van der Waals surface area contributed by atoms with Crippen molar-refractivity contribution in [2.45, 2.75) is 26.3 Å². The van der Waals surface area contributed by atoms with Crippen LogP contribution in [0.15, 0.2) is 12.1 Å². The molecule has 5 nitrogen and oxygen atoms in total. The summed E-state index contributed by atoms with van der Waals surface area (Å²) in [6.07, 6.45) is 0.701. The van der Waals surface area contributed by atoms with E-state index in [1.165, 1.54) is 0 Å². The van der Waals surface area contributed by atoms with Crippen molar-refractivity contribution in [2.24, 2.45) is 0 Å². The Morgan fingerprint density at radius 2 is 1.95 bits per heavy atom. The Bertz CT molecular complexity index is 521. The zero-order chi connectivity index (χ0) is 15.3. The molecule has 7 heteroatoms. The van der Waals surface area contributed by atoms with E-state index in [9.17, 15) is 18.4 Å². The first kappa shape index (κ1) is 15.9. The quantitative estimate of drug-likeness (QED) is 0.836. The summed E-state index contributed by atoms with van der Waals surface area (Å²) in [7, 11) is 1.08. The lowest BCUT2D eigenvalue weighted by atomic mass is 10.2. The molecule has 0 aliphatic rings. The Morgan fingerprint density at radius 3 is 2.50 bits per heavy atom. The molecular weight excluding hydrogens is 270 g/mol. The molecule has 2 N–H and O–H groups in total. The molecule has 2 amide bonds. The highest BCUT2D eigenvalue weighted by atomic mass is 19.1. The monoisotopic (exact) mass is 286 g/mol. The van der Waals surface area contributed by atoms with Crippen molar-refractivity contribution in [3.63, 3.8) is 0 Å². The second kappa shape index (κ2) is 6.83. The molecule has 0 saturated carbocycles. The maximum Gasteiger partial charge on any atom is 0.340 e. The first-order valence-corrected chi connectivity index (χ1v) is 6.03. The van der Waals surface area contributed by atoms with E-state index < -0.39 is 29.2 Å².